The van der Waals surface area contributed by atoms with Gasteiger partial charge in [0.05, 0.1) is 23.7 Å². The molecular weight excluding hydrogens is 418 g/mol. The minimum Gasteiger partial charge on any atom is -0.494 e. The summed E-state index contributed by atoms with van der Waals surface area (Å²) in [6.07, 6.45) is 0. The summed E-state index contributed by atoms with van der Waals surface area (Å²) in [4.78, 5) is 23.6. The number of nitrogens with one attached hydrogen (secondary N) is 1. The van der Waals surface area contributed by atoms with Crippen LogP contribution in [0.5, 0.6) is 5.75 Å². The number of benzene rings is 2. The number of sulfonamides is 1. The third-order valence-corrected chi connectivity index (χ3v) is 5.95. The van der Waals surface area contributed by atoms with Gasteiger partial charge in [-0.25, -0.2) is 17.8 Å². The summed E-state index contributed by atoms with van der Waals surface area (Å²) >= 11 is 0. The molecule has 0 aliphatic rings. The van der Waals surface area contributed by atoms with E-state index in [4.69, 9.17) is 4.74 Å². The number of ether oxygens (including phenoxy) is 1. The molecule has 3 rings (SSSR count). The van der Waals surface area contributed by atoms with Gasteiger partial charge >= 0.3 is 0 Å². The second-order valence-corrected chi connectivity index (χ2v) is 8.49. The molecule has 162 valence electrons. The molecule has 0 saturated heterocycles. The van der Waals surface area contributed by atoms with Crippen molar-refractivity contribution in [3.63, 3.8) is 0 Å². The lowest BCUT2D eigenvalue weighted by molar-refractivity contribution is 0.101. The Labute approximate surface area is 180 Å². The van der Waals surface area contributed by atoms with Crippen LogP contribution in [-0.4, -0.2) is 37.1 Å². The van der Waals surface area contributed by atoms with Crippen LogP contribution in [0.4, 0.5) is 0 Å². The van der Waals surface area contributed by atoms with Crippen LogP contribution < -0.4 is 15.0 Å². The largest absolute Gasteiger partial charge is 0.494 e. The summed E-state index contributed by atoms with van der Waals surface area (Å²) < 4.78 is 34.1. The SMILES string of the molecule is CCOc1ccc(-c2ccc(=O)n(CCNS(=O)(=O)c3cccc(C(C)=O)c3)n2)cc1. The van der Waals surface area contributed by atoms with Crippen molar-refractivity contribution in [2.45, 2.75) is 25.3 Å². The molecule has 0 saturated carbocycles. The van der Waals surface area contributed by atoms with Crippen LogP contribution in [0.25, 0.3) is 11.3 Å². The van der Waals surface area contributed by atoms with E-state index in [1.165, 1.54) is 35.9 Å². The lowest BCUT2D eigenvalue weighted by Gasteiger charge is -2.10. The Hall–Kier alpha value is -3.30. The maximum atomic E-state index is 12.5. The van der Waals surface area contributed by atoms with Crippen molar-refractivity contribution in [2.24, 2.45) is 0 Å². The smallest absolute Gasteiger partial charge is 0.266 e. The standard InChI is InChI=1S/C22H23N3O5S/c1-3-30-19-9-7-17(8-10-19)21-11-12-22(27)25(24-21)14-13-23-31(28,29)20-6-4-5-18(15-20)16(2)26/h4-12,15,23H,3,13-14H2,1-2H3. The number of hydrogen-bond acceptors (Lipinski definition) is 6. The molecule has 1 aromatic heterocycles. The van der Waals surface area contributed by atoms with E-state index in [9.17, 15) is 18.0 Å². The fraction of sp³-hybridized carbons (Fsp3) is 0.227. The molecule has 0 aliphatic carbocycles. The molecular formula is C22H23N3O5S. The van der Waals surface area contributed by atoms with Gasteiger partial charge in [-0.2, -0.15) is 5.10 Å². The molecule has 0 amide bonds. The van der Waals surface area contributed by atoms with Gasteiger partial charge in [0.1, 0.15) is 5.75 Å². The van der Waals surface area contributed by atoms with Crippen molar-refractivity contribution in [3.8, 4) is 17.0 Å². The summed E-state index contributed by atoms with van der Waals surface area (Å²) in [5.74, 6) is 0.515. The van der Waals surface area contributed by atoms with Crippen LogP contribution >= 0.6 is 0 Å². The zero-order valence-corrected chi connectivity index (χ0v) is 18.1. The molecule has 2 aromatic carbocycles. The highest BCUT2D eigenvalue weighted by Crippen LogP contribution is 2.20. The Bertz CT molecular complexity index is 1230. The Kier molecular flexibility index (Phi) is 6.98. The monoisotopic (exact) mass is 441 g/mol. The van der Waals surface area contributed by atoms with E-state index in [1.54, 1.807) is 12.1 Å². The zero-order valence-electron chi connectivity index (χ0n) is 17.2. The van der Waals surface area contributed by atoms with E-state index in [0.29, 0.717) is 17.9 Å². The molecule has 1 N–H and O–H groups in total. The third kappa shape index (κ3) is 5.65. The predicted molar refractivity (Wildman–Crippen MR) is 117 cm³/mol. The topological polar surface area (TPSA) is 107 Å². The number of rotatable bonds is 9. The van der Waals surface area contributed by atoms with E-state index < -0.39 is 10.0 Å². The van der Waals surface area contributed by atoms with Gasteiger partial charge in [0.2, 0.25) is 10.0 Å². The van der Waals surface area contributed by atoms with Gasteiger partial charge < -0.3 is 4.74 Å². The summed E-state index contributed by atoms with van der Waals surface area (Å²) in [7, 11) is -3.83. The highest BCUT2D eigenvalue weighted by atomic mass is 32.2. The lowest BCUT2D eigenvalue weighted by Crippen LogP contribution is -2.32. The van der Waals surface area contributed by atoms with E-state index in [2.05, 4.69) is 9.82 Å². The molecule has 0 atom stereocenters. The fourth-order valence-corrected chi connectivity index (χ4v) is 3.97. The number of Topliss-reactive ketones (excluding diaryl/α,β-unsaturated/α-hetero) is 1. The fourth-order valence-electron chi connectivity index (χ4n) is 2.90. The van der Waals surface area contributed by atoms with Gasteiger partial charge in [0, 0.05) is 23.7 Å². The van der Waals surface area contributed by atoms with Crippen LogP contribution in [0.3, 0.4) is 0 Å². The van der Waals surface area contributed by atoms with Gasteiger partial charge in [-0.3, -0.25) is 9.59 Å². The van der Waals surface area contributed by atoms with Crippen LogP contribution in [0.1, 0.15) is 24.2 Å². The van der Waals surface area contributed by atoms with Crippen LogP contribution in [0, 0.1) is 0 Å². The average Bonchev–Trinajstić information content (AvgIpc) is 2.76. The summed E-state index contributed by atoms with van der Waals surface area (Å²) in [5.41, 5.74) is 1.36. The molecule has 0 spiro atoms. The second-order valence-electron chi connectivity index (χ2n) is 6.72. The minimum absolute atomic E-state index is 0.0105. The molecule has 0 unspecified atom stereocenters. The normalized spacial score (nSPS) is 11.3. The highest BCUT2D eigenvalue weighted by molar-refractivity contribution is 7.89. The highest BCUT2D eigenvalue weighted by Gasteiger charge is 2.15. The first kappa shape index (κ1) is 22.4. The van der Waals surface area contributed by atoms with Crippen molar-refractivity contribution in [3.05, 3.63) is 76.6 Å². The van der Waals surface area contributed by atoms with Gasteiger partial charge in [-0.1, -0.05) is 12.1 Å². The predicted octanol–water partition coefficient (Wildman–Crippen LogP) is 2.49. The molecule has 0 bridgehead atoms. The van der Waals surface area contributed by atoms with Gasteiger partial charge in [-0.05, 0) is 56.3 Å². The third-order valence-electron chi connectivity index (χ3n) is 4.49. The molecule has 0 fully saturated rings. The van der Waals surface area contributed by atoms with E-state index in [-0.39, 0.29) is 29.3 Å². The molecule has 3 aromatic rings. The number of aromatic nitrogens is 2. The minimum atomic E-state index is -3.83. The Balaban J connectivity index is 1.72. The number of hydrogen-bond donors (Lipinski definition) is 1. The van der Waals surface area contributed by atoms with Crippen molar-refractivity contribution in [2.75, 3.05) is 13.2 Å². The van der Waals surface area contributed by atoms with E-state index in [0.717, 1.165) is 11.3 Å². The number of ketones is 1. The number of nitrogens with zero attached hydrogens (tertiary/aromatic N) is 2. The van der Waals surface area contributed by atoms with Crippen molar-refractivity contribution in [1.82, 2.24) is 14.5 Å². The maximum absolute atomic E-state index is 12.5. The molecule has 31 heavy (non-hydrogen) atoms. The van der Waals surface area contributed by atoms with Gasteiger partial charge in [0.25, 0.3) is 5.56 Å². The summed E-state index contributed by atoms with van der Waals surface area (Å²) in [6, 6.07) is 16.1. The van der Waals surface area contributed by atoms with Crippen LogP contribution in [0.15, 0.2) is 70.4 Å². The molecule has 8 nitrogen and oxygen atoms in total. The molecule has 1 heterocycles. The summed E-state index contributed by atoms with van der Waals surface area (Å²) in [5, 5.41) is 4.33. The van der Waals surface area contributed by atoms with Gasteiger partial charge in [-0.15, -0.1) is 0 Å². The van der Waals surface area contributed by atoms with E-state index >= 15 is 0 Å². The second kappa shape index (κ2) is 9.67. The van der Waals surface area contributed by atoms with Gasteiger partial charge in [0.15, 0.2) is 5.78 Å². The number of carbonyl (C=O) groups excluding carboxylic acids is 1. The summed E-state index contributed by atoms with van der Waals surface area (Å²) in [6.45, 7) is 3.85. The average molecular weight is 442 g/mol. The van der Waals surface area contributed by atoms with Crippen molar-refractivity contribution >= 4 is 15.8 Å². The maximum Gasteiger partial charge on any atom is 0.266 e. The molecule has 9 heteroatoms. The van der Waals surface area contributed by atoms with Crippen molar-refractivity contribution in [1.29, 1.82) is 0 Å². The molecule has 0 aliphatic heterocycles. The Morgan fingerprint density at radius 1 is 1.10 bits per heavy atom. The number of carbonyl (C=O) groups is 1. The zero-order chi connectivity index (χ0) is 22.4. The lowest BCUT2D eigenvalue weighted by atomic mass is 10.1. The van der Waals surface area contributed by atoms with Crippen LogP contribution in [0.2, 0.25) is 0 Å². The first-order valence-corrected chi connectivity index (χ1v) is 11.2. The first-order valence-electron chi connectivity index (χ1n) is 9.72. The van der Waals surface area contributed by atoms with Crippen molar-refractivity contribution < 1.29 is 17.9 Å². The van der Waals surface area contributed by atoms with E-state index in [1.807, 2.05) is 31.2 Å². The molecule has 0 radical (unpaired) electrons. The first-order chi connectivity index (χ1) is 14.8. The Morgan fingerprint density at radius 3 is 2.52 bits per heavy atom. The quantitative estimate of drug-likeness (QED) is 0.511. The Morgan fingerprint density at radius 2 is 1.84 bits per heavy atom. The van der Waals surface area contributed by atoms with Crippen LogP contribution in [-0.2, 0) is 16.6 Å².